The highest BCUT2D eigenvalue weighted by Gasteiger charge is 2.35. The first-order valence-electron chi connectivity index (χ1n) is 13.3. The number of rotatable bonds is 3. The summed E-state index contributed by atoms with van der Waals surface area (Å²) in [5.41, 5.74) is 8.73. The van der Waals surface area contributed by atoms with Gasteiger partial charge in [-0.05, 0) is 52.6 Å². The van der Waals surface area contributed by atoms with Crippen molar-refractivity contribution in [3.63, 3.8) is 0 Å². The average Bonchev–Trinajstić information content (AvgIpc) is 3.01. The Labute approximate surface area is 238 Å². The number of hydrogen-bond donors (Lipinski definition) is 0. The van der Waals surface area contributed by atoms with Crippen molar-refractivity contribution in [2.24, 2.45) is 0 Å². The molecule has 0 aliphatic carbocycles. The lowest BCUT2D eigenvalue weighted by Gasteiger charge is -2.35. The average molecular weight is 532 g/mol. The quantitative estimate of drug-likeness (QED) is 0.228. The Kier molecular flexibility index (Phi) is 5.77. The number of benzene rings is 5. The first-order chi connectivity index (χ1) is 19.5. The summed E-state index contributed by atoms with van der Waals surface area (Å²) >= 11 is 1.69. The Morgan fingerprint density at radius 3 is 2.23 bits per heavy atom. The van der Waals surface area contributed by atoms with Gasteiger partial charge in [0.15, 0.2) is 5.82 Å². The first-order valence-corrected chi connectivity index (χ1v) is 14.1. The maximum absolute atomic E-state index is 10.3. The van der Waals surface area contributed by atoms with Crippen molar-refractivity contribution < 1.29 is 0 Å². The van der Waals surface area contributed by atoms with Crippen molar-refractivity contribution >= 4 is 22.7 Å². The molecular formula is C36H25N3S. The summed E-state index contributed by atoms with van der Waals surface area (Å²) in [7, 11) is 0. The number of aromatic nitrogens is 2. The number of nitriles is 1. The molecule has 190 valence electrons. The second-order valence-electron chi connectivity index (χ2n) is 10.6. The van der Waals surface area contributed by atoms with Gasteiger partial charge in [0, 0.05) is 31.7 Å². The van der Waals surface area contributed by atoms with Crippen LogP contribution in [0.15, 0.2) is 125 Å². The van der Waals surface area contributed by atoms with Gasteiger partial charge in [0.2, 0.25) is 0 Å². The normalized spacial score (nSPS) is 13.3. The molecular weight excluding hydrogens is 506 g/mol. The van der Waals surface area contributed by atoms with E-state index in [2.05, 4.69) is 92.7 Å². The molecule has 4 heteroatoms. The molecule has 0 radical (unpaired) electrons. The van der Waals surface area contributed by atoms with Gasteiger partial charge in [-0.25, -0.2) is 9.97 Å². The van der Waals surface area contributed by atoms with E-state index in [0.717, 1.165) is 49.3 Å². The van der Waals surface area contributed by atoms with Crippen molar-refractivity contribution in [1.82, 2.24) is 9.97 Å². The van der Waals surface area contributed by atoms with Crippen LogP contribution in [0.25, 0.3) is 44.7 Å². The minimum Gasteiger partial charge on any atom is -0.228 e. The molecule has 0 N–H and O–H groups in total. The van der Waals surface area contributed by atoms with E-state index in [0.29, 0.717) is 11.4 Å². The highest BCUT2D eigenvalue weighted by molar-refractivity contribution is 7.99. The molecule has 2 heterocycles. The Hall–Kier alpha value is -4.72. The molecule has 0 atom stereocenters. The van der Waals surface area contributed by atoms with Crippen LogP contribution in [-0.2, 0) is 5.41 Å². The molecule has 5 aromatic carbocycles. The summed E-state index contributed by atoms with van der Waals surface area (Å²) < 4.78 is 0. The summed E-state index contributed by atoms with van der Waals surface area (Å²) in [6.07, 6.45) is 0. The number of para-hydroxylation sites is 1. The zero-order valence-corrected chi connectivity index (χ0v) is 23.0. The fraction of sp³-hybridized carbons (Fsp3) is 0.0833. The maximum Gasteiger partial charge on any atom is 0.160 e. The Balaban J connectivity index is 1.44. The monoisotopic (exact) mass is 531 g/mol. The molecule has 0 bridgehead atoms. The molecule has 0 saturated heterocycles. The van der Waals surface area contributed by atoms with Crippen molar-refractivity contribution in [1.29, 1.82) is 5.26 Å². The Morgan fingerprint density at radius 2 is 1.38 bits per heavy atom. The minimum absolute atomic E-state index is 0.255. The van der Waals surface area contributed by atoms with Gasteiger partial charge in [0.25, 0.3) is 0 Å². The maximum atomic E-state index is 10.3. The van der Waals surface area contributed by atoms with Gasteiger partial charge in [-0.15, -0.1) is 0 Å². The highest BCUT2D eigenvalue weighted by Crippen LogP contribution is 2.51. The van der Waals surface area contributed by atoms with E-state index in [4.69, 9.17) is 9.97 Å². The van der Waals surface area contributed by atoms with E-state index >= 15 is 0 Å². The van der Waals surface area contributed by atoms with Crippen LogP contribution < -0.4 is 0 Å². The SMILES string of the molecule is CC1(C)c2ccccc2Sc2c(C#N)cc(-c3nc(-c4cccc(-c5ccccc5)c4)nc4ccccc34)cc21. The van der Waals surface area contributed by atoms with E-state index in [1.807, 2.05) is 42.5 Å². The van der Waals surface area contributed by atoms with Gasteiger partial charge in [0.1, 0.15) is 6.07 Å². The van der Waals surface area contributed by atoms with Crippen molar-refractivity contribution in [3.8, 4) is 39.8 Å². The lowest BCUT2D eigenvalue weighted by Crippen LogP contribution is -2.24. The summed E-state index contributed by atoms with van der Waals surface area (Å²) in [6.45, 7) is 4.49. The zero-order chi connectivity index (χ0) is 27.3. The van der Waals surface area contributed by atoms with Gasteiger partial charge in [-0.1, -0.05) is 111 Å². The predicted octanol–water partition coefficient (Wildman–Crippen LogP) is 9.29. The fourth-order valence-electron chi connectivity index (χ4n) is 5.64. The number of nitrogens with zero attached hydrogens (tertiary/aromatic N) is 3. The molecule has 0 fully saturated rings. The lowest BCUT2D eigenvalue weighted by atomic mass is 9.76. The predicted molar refractivity (Wildman–Crippen MR) is 163 cm³/mol. The topological polar surface area (TPSA) is 49.6 Å². The third-order valence-electron chi connectivity index (χ3n) is 7.76. The second-order valence-corrected chi connectivity index (χ2v) is 11.6. The third kappa shape index (κ3) is 3.99. The highest BCUT2D eigenvalue weighted by atomic mass is 32.2. The molecule has 0 spiro atoms. The second kappa shape index (κ2) is 9.48. The summed E-state index contributed by atoms with van der Waals surface area (Å²) in [4.78, 5) is 12.4. The van der Waals surface area contributed by atoms with Crippen molar-refractivity contribution in [3.05, 3.63) is 132 Å². The number of hydrogen-bond acceptors (Lipinski definition) is 4. The van der Waals surface area contributed by atoms with E-state index < -0.39 is 0 Å². The fourth-order valence-corrected chi connectivity index (χ4v) is 7.08. The van der Waals surface area contributed by atoms with Crippen LogP contribution in [0, 0.1) is 11.3 Å². The van der Waals surface area contributed by atoms with Crippen LogP contribution in [-0.4, -0.2) is 9.97 Å². The molecule has 40 heavy (non-hydrogen) atoms. The molecule has 1 aromatic heterocycles. The van der Waals surface area contributed by atoms with E-state index in [-0.39, 0.29) is 5.41 Å². The first kappa shape index (κ1) is 24.3. The van der Waals surface area contributed by atoms with Crippen LogP contribution in [0.4, 0.5) is 0 Å². The molecule has 0 unspecified atom stereocenters. The standard InChI is InChI=1S/C36H25N3S/c1-36(2)29-16-7-9-18-32(29)40-34-27(22-37)20-26(21-30(34)36)33-28-15-6-8-17-31(28)38-35(39-33)25-14-10-13-24(19-25)23-11-4-3-5-12-23/h3-21H,1-2H3. The molecule has 3 nitrogen and oxygen atoms in total. The van der Waals surface area contributed by atoms with Gasteiger partial charge in [-0.2, -0.15) is 5.26 Å². The number of fused-ring (bicyclic) bond motifs is 3. The third-order valence-corrected chi connectivity index (χ3v) is 8.98. The molecule has 6 aromatic rings. The van der Waals surface area contributed by atoms with Gasteiger partial charge >= 0.3 is 0 Å². The minimum atomic E-state index is -0.255. The van der Waals surface area contributed by atoms with Gasteiger partial charge in [0.05, 0.1) is 16.8 Å². The summed E-state index contributed by atoms with van der Waals surface area (Å²) in [6, 6.07) is 42.1. The van der Waals surface area contributed by atoms with Gasteiger partial charge < -0.3 is 0 Å². The van der Waals surface area contributed by atoms with Crippen molar-refractivity contribution in [2.75, 3.05) is 0 Å². The lowest BCUT2D eigenvalue weighted by molar-refractivity contribution is 0.607. The van der Waals surface area contributed by atoms with Crippen LogP contribution in [0.5, 0.6) is 0 Å². The van der Waals surface area contributed by atoms with Crippen molar-refractivity contribution in [2.45, 2.75) is 29.1 Å². The summed E-state index contributed by atoms with van der Waals surface area (Å²) in [5, 5.41) is 11.2. The largest absolute Gasteiger partial charge is 0.228 e. The molecule has 1 aliphatic rings. The van der Waals surface area contributed by atoms with E-state index in [1.165, 1.54) is 10.5 Å². The summed E-state index contributed by atoms with van der Waals surface area (Å²) in [5.74, 6) is 0.668. The zero-order valence-electron chi connectivity index (χ0n) is 22.2. The Morgan fingerprint density at radius 1 is 0.650 bits per heavy atom. The van der Waals surface area contributed by atoms with E-state index in [9.17, 15) is 5.26 Å². The molecule has 7 rings (SSSR count). The van der Waals surface area contributed by atoms with Crippen LogP contribution in [0.3, 0.4) is 0 Å². The van der Waals surface area contributed by atoms with Crippen LogP contribution in [0.1, 0.15) is 30.5 Å². The van der Waals surface area contributed by atoms with Gasteiger partial charge in [-0.3, -0.25) is 0 Å². The molecule has 0 amide bonds. The molecule has 0 saturated carbocycles. The Bertz CT molecular complexity index is 1970. The van der Waals surface area contributed by atoms with E-state index in [1.54, 1.807) is 11.8 Å². The smallest absolute Gasteiger partial charge is 0.160 e. The van der Waals surface area contributed by atoms with Crippen LogP contribution in [0.2, 0.25) is 0 Å². The molecule has 1 aliphatic heterocycles. The van der Waals surface area contributed by atoms with Crippen LogP contribution >= 0.6 is 11.8 Å².